The lowest BCUT2D eigenvalue weighted by Gasteiger charge is -2.16. The molecule has 0 saturated carbocycles. The van der Waals surface area contributed by atoms with E-state index in [0.717, 1.165) is 23.9 Å². The number of fused-ring (bicyclic) bond motifs is 1. The monoisotopic (exact) mass is 339 g/mol. The Morgan fingerprint density at radius 1 is 1.32 bits per heavy atom. The van der Waals surface area contributed by atoms with Crippen molar-refractivity contribution in [1.82, 2.24) is 24.8 Å². The highest BCUT2D eigenvalue weighted by atomic mass is 16.2. The Hall–Kier alpha value is -3.09. The molecule has 0 bridgehead atoms. The quantitative estimate of drug-likeness (QED) is 0.642. The molecule has 0 aliphatic heterocycles. The van der Waals surface area contributed by atoms with E-state index in [-0.39, 0.29) is 18.4 Å². The van der Waals surface area contributed by atoms with Crippen molar-refractivity contribution in [2.75, 3.05) is 20.1 Å². The van der Waals surface area contributed by atoms with E-state index >= 15 is 0 Å². The van der Waals surface area contributed by atoms with E-state index in [1.165, 1.54) is 4.90 Å². The molecule has 0 saturated heterocycles. The first-order valence-electron chi connectivity index (χ1n) is 8.19. The number of nitrogens with zero attached hydrogens (tertiary/aromatic N) is 3. The van der Waals surface area contributed by atoms with Crippen LogP contribution in [0.15, 0.2) is 49.2 Å². The first kappa shape index (κ1) is 16.8. The predicted molar refractivity (Wildman–Crippen MR) is 95.1 cm³/mol. The highest BCUT2D eigenvalue weighted by Gasteiger charge is 2.18. The summed E-state index contributed by atoms with van der Waals surface area (Å²) in [4.78, 5) is 33.1. The molecule has 0 atom stereocenters. The normalized spacial score (nSPS) is 10.8. The van der Waals surface area contributed by atoms with Crippen molar-refractivity contribution >= 4 is 22.7 Å². The number of hydrogen-bond donors (Lipinski definition) is 2. The number of benzene rings is 1. The Labute approximate surface area is 145 Å². The molecular weight excluding hydrogens is 318 g/mol. The van der Waals surface area contributed by atoms with Crippen LogP contribution in [0.2, 0.25) is 0 Å². The summed E-state index contributed by atoms with van der Waals surface area (Å²) in [6.45, 7) is 1.39. The highest BCUT2D eigenvalue weighted by Crippen LogP contribution is 2.18. The van der Waals surface area contributed by atoms with Crippen molar-refractivity contribution in [1.29, 1.82) is 0 Å². The molecule has 25 heavy (non-hydrogen) atoms. The Balaban J connectivity index is 1.48. The molecule has 2 aromatic heterocycles. The van der Waals surface area contributed by atoms with Gasteiger partial charge in [0, 0.05) is 49.6 Å². The van der Waals surface area contributed by atoms with Crippen molar-refractivity contribution in [3.05, 3.63) is 54.7 Å². The summed E-state index contributed by atoms with van der Waals surface area (Å²) in [5, 5.41) is 3.70. The summed E-state index contributed by atoms with van der Waals surface area (Å²) in [7, 11) is 1.63. The molecule has 1 aromatic carbocycles. The van der Waals surface area contributed by atoms with E-state index in [9.17, 15) is 9.59 Å². The number of carbonyl (C=O) groups excluding carboxylic acids is 2. The van der Waals surface area contributed by atoms with Gasteiger partial charge in [-0.2, -0.15) is 0 Å². The van der Waals surface area contributed by atoms with Crippen LogP contribution in [0, 0.1) is 0 Å². The van der Waals surface area contributed by atoms with Gasteiger partial charge in [0.25, 0.3) is 5.91 Å². The first-order valence-corrected chi connectivity index (χ1v) is 8.19. The fourth-order valence-corrected chi connectivity index (χ4v) is 2.71. The number of amides is 2. The van der Waals surface area contributed by atoms with E-state index in [4.69, 9.17) is 0 Å². The van der Waals surface area contributed by atoms with Gasteiger partial charge in [-0.15, -0.1) is 0 Å². The van der Waals surface area contributed by atoms with Gasteiger partial charge in [0.15, 0.2) is 0 Å². The standard InChI is InChI=1S/C18H21N5O2/c1-22(12-17(24)20-7-4-9-23-10-8-19-13-23)18(25)15-11-21-16-6-3-2-5-14(15)16/h2-3,5-6,8,10-11,13,21H,4,7,9,12H2,1H3,(H,20,24). The van der Waals surface area contributed by atoms with E-state index in [1.807, 2.05) is 35.0 Å². The smallest absolute Gasteiger partial charge is 0.256 e. The van der Waals surface area contributed by atoms with Gasteiger partial charge in [0.2, 0.25) is 5.91 Å². The number of nitrogens with one attached hydrogen (secondary N) is 2. The number of H-pyrrole nitrogens is 1. The molecule has 2 amide bonds. The van der Waals surface area contributed by atoms with Gasteiger partial charge >= 0.3 is 0 Å². The van der Waals surface area contributed by atoms with Crippen molar-refractivity contribution in [3.63, 3.8) is 0 Å². The molecule has 0 unspecified atom stereocenters. The summed E-state index contributed by atoms with van der Waals surface area (Å²) >= 11 is 0. The third kappa shape index (κ3) is 4.06. The van der Waals surface area contributed by atoms with Gasteiger partial charge in [-0.1, -0.05) is 18.2 Å². The van der Waals surface area contributed by atoms with Crippen LogP contribution in [-0.2, 0) is 11.3 Å². The SMILES string of the molecule is CN(CC(=O)NCCCn1ccnc1)C(=O)c1c[nH]c2ccccc12. The number of aromatic amines is 1. The minimum absolute atomic E-state index is 0.0312. The van der Waals surface area contributed by atoms with Gasteiger partial charge in [0.05, 0.1) is 18.4 Å². The summed E-state index contributed by atoms with van der Waals surface area (Å²) in [5.74, 6) is -0.340. The van der Waals surface area contributed by atoms with Crippen molar-refractivity contribution in [2.45, 2.75) is 13.0 Å². The summed E-state index contributed by atoms with van der Waals surface area (Å²) in [6, 6.07) is 7.61. The van der Waals surface area contributed by atoms with Gasteiger partial charge in [-0.25, -0.2) is 4.98 Å². The van der Waals surface area contributed by atoms with Crippen LogP contribution in [0.1, 0.15) is 16.8 Å². The molecular formula is C18H21N5O2. The van der Waals surface area contributed by atoms with E-state index in [0.29, 0.717) is 12.1 Å². The van der Waals surface area contributed by atoms with Crippen LogP contribution in [0.4, 0.5) is 0 Å². The number of likely N-dealkylation sites (N-methyl/N-ethyl adjacent to an activating group) is 1. The third-order valence-corrected chi connectivity index (χ3v) is 4.02. The molecule has 3 aromatic rings. The fourth-order valence-electron chi connectivity index (χ4n) is 2.71. The fraction of sp³-hybridized carbons (Fsp3) is 0.278. The van der Waals surface area contributed by atoms with Gasteiger partial charge in [-0.3, -0.25) is 9.59 Å². The molecule has 130 valence electrons. The molecule has 0 radical (unpaired) electrons. The molecule has 3 rings (SSSR count). The molecule has 0 aliphatic rings. The van der Waals surface area contributed by atoms with E-state index < -0.39 is 0 Å². The molecule has 7 nitrogen and oxygen atoms in total. The molecule has 2 N–H and O–H groups in total. The second-order valence-corrected chi connectivity index (χ2v) is 5.91. The Kier molecular flexibility index (Phi) is 5.13. The zero-order valence-corrected chi connectivity index (χ0v) is 14.1. The molecule has 0 fully saturated rings. The number of hydrogen-bond acceptors (Lipinski definition) is 3. The van der Waals surface area contributed by atoms with Crippen LogP contribution in [0.5, 0.6) is 0 Å². The topological polar surface area (TPSA) is 83.0 Å². The summed E-state index contributed by atoms with van der Waals surface area (Å²) in [5.41, 5.74) is 1.48. The molecule has 0 spiro atoms. The van der Waals surface area contributed by atoms with Gasteiger partial charge in [0.1, 0.15) is 0 Å². The second kappa shape index (κ2) is 7.65. The zero-order chi connectivity index (χ0) is 17.6. The van der Waals surface area contributed by atoms with E-state index in [2.05, 4.69) is 15.3 Å². The van der Waals surface area contributed by atoms with Crippen LogP contribution in [0.3, 0.4) is 0 Å². The zero-order valence-electron chi connectivity index (χ0n) is 14.1. The largest absolute Gasteiger partial charge is 0.360 e. The third-order valence-electron chi connectivity index (χ3n) is 4.02. The van der Waals surface area contributed by atoms with Crippen LogP contribution in [0.25, 0.3) is 10.9 Å². The van der Waals surface area contributed by atoms with Crippen molar-refractivity contribution in [3.8, 4) is 0 Å². The predicted octanol–water partition coefficient (Wildman–Crippen LogP) is 1.64. The maximum Gasteiger partial charge on any atom is 0.256 e. The lowest BCUT2D eigenvalue weighted by atomic mass is 10.1. The van der Waals surface area contributed by atoms with Crippen LogP contribution < -0.4 is 5.32 Å². The van der Waals surface area contributed by atoms with E-state index in [1.54, 1.807) is 25.8 Å². The van der Waals surface area contributed by atoms with Gasteiger partial charge in [-0.05, 0) is 12.5 Å². The molecule has 7 heteroatoms. The number of para-hydroxylation sites is 1. The lowest BCUT2D eigenvalue weighted by molar-refractivity contribution is -0.121. The number of aromatic nitrogens is 3. The highest BCUT2D eigenvalue weighted by molar-refractivity contribution is 6.07. The second-order valence-electron chi connectivity index (χ2n) is 5.91. The first-order chi connectivity index (χ1) is 12.1. The Morgan fingerprint density at radius 3 is 2.96 bits per heavy atom. The maximum absolute atomic E-state index is 12.6. The molecule has 2 heterocycles. The Morgan fingerprint density at radius 2 is 2.16 bits per heavy atom. The summed E-state index contributed by atoms with van der Waals surface area (Å²) in [6.07, 6.45) is 7.85. The minimum atomic E-state index is -0.175. The van der Waals surface area contributed by atoms with Crippen LogP contribution >= 0.6 is 0 Å². The number of carbonyl (C=O) groups is 2. The maximum atomic E-state index is 12.6. The lowest BCUT2D eigenvalue weighted by Crippen LogP contribution is -2.38. The molecule has 0 aliphatic carbocycles. The van der Waals surface area contributed by atoms with Gasteiger partial charge < -0.3 is 19.8 Å². The Bertz CT molecular complexity index is 853. The summed E-state index contributed by atoms with van der Waals surface area (Å²) < 4.78 is 1.96. The van der Waals surface area contributed by atoms with Crippen LogP contribution in [-0.4, -0.2) is 51.4 Å². The van der Waals surface area contributed by atoms with Crippen molar-refractivity contribution in [2.24, 2.45) is 0 Å². The number of aryl methyl sites for hydroxylation is 1. The van der Waals surface area contributed by atoms with Crippen molar-refractivity contribution < 1.29 is 9.59 Å². The average Bonchev–Trinajstić information content (AvgIpc) is 3.27. The average molecular weight is 339 g/mol. The number of rotatable bonds is 7. The number of imidazole rings is 1. The minimum Gasteiger partial charge on any atom is -0.360 e.